The molecule has 1 saturated carbocycles. The minimum atomic E-state index is -1.29. The van der Waals surface area contributed by atoms with Crippen LogP contribution in [0, 0.1) is 13.8 Å². The van der Waals surface area contributed by atoms with E-state index in [9.17, 15) is 24.0 Å². The third kappa shape index (κ3) is 10.3. The van der Waals surface area contributed by atoms with E-state index in [2.05, 4.69) is 26.6 Å². The zero-order valence-corrected chi connectivity index (χ0v) is 29.9. The normalized spacial score (nSPS) is 20.0. The molecule has 3 aromatic rings. The molecule has 1 heterocycles. The van der Waals surface area contributed by atoms with Crippen LogP contribution >= 0.6 is 0 Å². The molecule has 52 heavy (non-hydrogen) atoms. The monoisotopic (exact) mass is 711 g/mol. The Hall–Kier alpha value is -5.39. The van der Waals surface area contributed by atoms with Crippen LogP contribution in [0.4, 0.5) is 0 Å². The third-order valence-electron chi connectivity index (χ3n) is 9.44. The number of para-hydroxylation sites is 1. The Morgan fingerprint density at radius 1 is 0.904 bits per heavy atom. The summed E-state index contributed by atoms with van der Waals surface area (Å²) in [6.07, 6.45) is 3.29. The van der Waals surface area contributed by atoms with Crippen molar-refractivity contribution in [1.82, 2.24) is 26.6 Å². The van der Waals surface area contributed by atoms with Gasteiger partial charge in [-0.1, -0.05) is 79.4 Å². The molecule has 0 aromatic heterocycles. The average Bonchev–Trinajstić information content (AvgIpc) is 3.13. The Bertz CT molecular complexity index is 1720. The highest BCUT2D eigenvalue weighted by atomic mass is 16.5. The van der Waals surface area contributed by atoms with Crippen molar-refractivity contribution in [2.45, 2.75) is 82.8 Å². The van der Waals surface area contributed by atoms with Gasteiger partial charge in [-0.05, 0) is 62.4 Å². The maximum Gasteiger partial charge on any atom is 0.255 e. The first-order valence-electron chi connectivity index (χ1n) is 18.1. The fourth-order valence-corrected chi connectivity index (χ4v) is 6.66. The fourth-order valence-electron chi connectivity index (χ4n) is 6.66. The molecule has 12 heteroatoms. The zero-order chi connectivity index (χ0) is 36.9. The van der Waals surface area contributed by atoms with Gasteiger partial charge in [-0.2, -0.15) is 0 Å². The zero-order valence-electron chi connectivity index (χ0n) is 29.9. The summed E-state index contributed by atoms with van der Waals surface area (Å²) >= 11 is 0. The molecular formula is C40H49N5O7. The van der Waals surface area contributed by atoms with E-state index in [4.69, 9.17) is 9.47 Å². The Morgan fingerprint density at radius 2 is 1.65 bits per heavy atom. The fraction of sp³-hybridized carbons (Fsp3) is 0.425. The topological polar surface area (TPSA) is 164 Å². The van der Waals surface area contributed by atoms with E-state index < -0.39 is 47.7 Å². The lowest BCUT2D eigenvalue weighted by molar-refractivity contribution is -0.138. The van der Waals surface area contributed by atoms with Crippen molar-refractivity contribution in [1.29, 1.82) is 0 Å². The van der Waals surface area contributed by atoms with Crippen LogP contribution in [-0.4, -0.2) is 73.5 Å². The SMILES string of the molecule is Cc1ccc(OCCNC(=O)[C@@H]2CC(=O)NC3(CCCCC3)C(=O)N[C@@H](Cc3ccccc3)C(=O)NCCCOc3ccccc3C(=O)N2)c(C)c1. The second kappa shape index (κ2) is 18.2. The summed E-state index contributed by atoms with van der Waals surface area (Å²) in [6, 6.07) is 19.7. The minimum Gasteiger partial charge on any atom is -0.493 e. The number of ether oxygens (including phenoxy) is 2. The molecule has 2 aliphatic rings. The van der Waals surface area contributed by atoms with Gasteiger partial charge in [0.1, 0.15) is 35.7 Å². The number of amides is 5. The van der Waals surface area contributed by atoms with Gasteiger partial charge in [0.25, 0.3) is 5.91 Å². The van der Waals surface area contributed by atoms with Crippen LogP contribution in [0.1, 0.15) is 72.0 Å². The summed E-state index contributed by atoms with van der Waals surface area (Å²) in [4.78, 5) is 68.7. The quantitative estimate of drug-likeness (QED) is 0.235. The second-order valence-corrected chi connectivity index (χ2v) is 13.5. The lowest BCUT2D eigenvalue weighted by Gasteiger charge is -2.38. The summed E-state index contributed by atoms with van der Waals surface area (Å²) in [6.45, 7) is 4.68. The molecule has 0 radical (unpaired) electrons. The van der Waals surface area contributed by atoms with Gasteiger partial charge in [-0.25, -0.2) is 0 Å². The summed E-state index contributed by atoms with van der Waals surface area (Å²) < 4.78 is 11.8. The molecule has 5 N–H and O–H groups in total. The van der Waals surface area contributed by atoms with Crippen LogP contribution < -0.4 is 36.1 Å². The van der Waals surface area contributed by atoms with Gasteiger partial charge in [0.2, 0.25) is 23.6 Å². The Kier molecular flexibility index (Phi) is 13.3. The van der Waals surface area contributed by atoms with Crippen molar-refractivity contribution in [3.8, 4) is 11.5 Å². The van der Waals surface area contributed by atoms with Crippen molar-refractivity contribution in [3.63, 3.8) is 0 Å². The Morgan fingerprint density at radius 3 is 2.42 bits per heavy atom. The molecule has 1 spiro atoms. The summed E-state index contributed by atoms with van der Waals surface area (Å²) in [5, 5.41) is 14.3. The summed E-state index contributed by atoms with van der Waals surface area (Å²) in [7, 11) is 0. The maximum absolute atomic E-state index is 14.1. The molecule has 1 aliphatic carbocycles. The van der Waals surface area contributed by atoms with Crippen LogP contribution in [0.15, 0.2) is 72.8 Å². The summed E-state index contributed by atoms with van der Waals surface area (Å²) in [5.74, 6) is -1.58. The molecule has 5 rings (SSSR count). The van der Waals surface area contributed by atoms with E-state index in [1.165, 1.54) is 0 Å². The number of rotatable bonds is 7. The van der Waals surface area contributed by atoms with Crippen LogP contribution in [0.5, 0.6) is 11.5 Å². The smallest absolute Gasteiger partial charge is 0.255 e. The number of hydrogen-bond donors (Lipinski definition) is 5. The first-order chi connectivity index (χ1) is 25.1. The van der Waals surface area contributed by atoms with Gasteiger partial charge in [-0.3, -0.25) is 24.0 Å². The van der Waals surface area contributed by atoms with Gasteiger partial charge in [0.15, 0.2) is 0 Å². The number of fused-ring (bicyclic) bond motifs is 1. The van der Waals surface area contributed by atoms with Crippen molar-refractivity contribution < 1.29 is 33.4 Å². The third-order valence-corrected chi connectivity index (χ3v) is 9.44. The van der Waals surface area contributed by atoms with E-state index in [-0.39, 0.29) is 44.2 Å². The number of nitrogens with one attached hydrogen (secondary N) is 5. The molecular weight excluding hydrogens is 662 g/mol. The average molecular weight is 712 g/mol. The van der Waals surface area contributed by atoms with Crippen molar-refractivity contribution in [3.05, 3.63) is 95.1 Å². The standard InChI is InChI=1S/C40H49N5O7/c1-27-16-17-33(28(2)24-27)52-23-21-42-38(49)32-26-35(46)45-40(18-9-4-10-19-40)39(50)44-31(25-29-12-5-3-6-13-29)37(48)41-20-11-22-51-34-15-8-7-14-30(34)36(47)43-32/h3,5-8,12-17,24,31-32H,4,9-11,18-23,25-26H2,1-2H3,(H,41,48)(H,42,49)(H,43,47)(H,44,50)(H,45,46)/t31-,32-/m0/s1. The Balaban J connectivity index is 1.38. The molecule has 2 atom stereocenters. The van der Waals surface area contributed by atoms with E-state index in [1.54, 1.807) is 24.3 Å². The number of carbonyl (C=O) groups excluding carboxylic acids is 5. The highest BCUT2D eigenvalue weighted by Gasteiger charge is 2.43. The number of benzene rings is 3. The first-order valence-corrected chi connectivity index (χ1v) is 18.1. The predicted molar refractivity (Wildman–Crippen MR) is 196 cm³/mol. The van der Waals surface area contributed by atoms with Gasteiger partial charge >= 0.3 is 0 Å². The Labute approximate surface area is 304 Å². The molecule has 1 aliphatic heterocycles. The molecule has 3 aromatic carbocycles. The van der Waals surface area contributed by atoms with Crippen molar-refractivity contribution >= 4 is 29.5 Å². The highest BCUT2D eigenvalue weighted by Crippen LogP contribution is 2.29. The van der Waals surface area contributed by atoms with Gasteiger partial charge in [0.05, 0.1) is 25.1 Å². The molecule has 5 amide bonds. The van der Waals surface area contributed by atoms with Crippen LogP contribution in [0.3, 0.4) is 0 Å². The first kappa shape index (κ1) is 37.9. The van der Waals surface area contributed by atoms with Gasteiger partial charge in [-0.15, -0.1) is 0 Å². The van der Waals surface area contributed by atoms with Crippen LogP contribution in [0.2, 0.25) is 0 Å². The van der Waals surface area contributed by atoms with E-state index in [0.29, 0.717) is 43.6 Å². The van der Waals surface area contributed by atoms with Crippen LogP contribution in [-0.2, 0) is 25.6 Å². The minimum absolute atomic E-state index is 0.122. The molecule has 276 valence electrons. The lowest BCUT2D eigenvalue weighted by atomic mass is 9.80. The predicted octanol–water partition coefficient (Wildman–Crippen LogP) is 3.43. The van der Waals surface area contributed by atoms with Crippen molar-refractivity contribution in [2.75, 3.05) is 26.3 Å². The number of hydrogen-bond acceptors (Lipinski definition) is 7. The molecule has 0 bridgehead atoms. The molecule has 0 saturated heterocycles. The largest absolute Gasteiger partial charge is 0.493 e. The van der Waals surface area contributed by atoms with Gasteiger partial charge < -0.3 is 36.1 Å². The second-order valence-electron chi connectivity index (χ2n) is 13.5. The van der Waals surface area contributed by atoms with Crippen LogP contribution in [0.25, 0.3) is 0 Å². The molecule has 1 fully saturated rings. The summed E-state index contributed by atoms with van der Waals surface area (Å²) in [5.41, 5.74) is 1.84. The van der Waals surface area contributed by atoms with Gasteiger partial charge in [0, 0.05) is 13.0 Å². The molecule has 0 unspecified atom stereocenters. The number of aryl methyl sites for hydroxylation is 2. The van der Waals surface area contributed by atoms with Crippen molar-refractivity contribution in [2.24, 2.45) is 0 Å². The number of carbonyl (C=O) groups is 5. The lowest BCUT2D eigenvalue weighted by Crippen LogP contribution is -2.63. The van der Waals surface area contributed by atoms with E-state index in [1.807, 2.05) is 62.4 Å². The maximum atomic E-state index is 14.1. The van der Waals surface area contributed by atoms with E-state index in [0.717, 1.165) is 23.1 Å². The molecule has 12 nitrogen and oxygen atoms in total. The van der Waals surface area contributed by atoms with E-state index >= 15 is 0 Å². The highest BCUT2D eigenvalue weighted by molar-refractivity contribution is 6.01.